The minimum atomic E-state index is -0.564. The van der Waals surface area contributed by atoms with Crippen LogP contribution in [0.3, 0.4) is 0 Å². The van der Waals surface area contributed by atoms with Crippen LogP contribution in [0.1, 0.15) is 15.9 Å². The lowest BCUT2D eigenvalue weighted by molar-refractivity contribution is 0.108. The third-order valence-electron chi connectivity index (χ3n) is 2.50. The molecule has 0 spiro atoms. The Kier molecular flexibility index (Phi) is 5.49. The number of hydrogen-bond acceptors (Lipinski definition) is 2. The highest BCUT2D eigenvalue weighted by Crippen LogP contribution is 2.35. The van der Waals surface area contributed by atoms with E-state index in [4.69, 9.17) is 27.9 Å². The van der Waals surface area contributed by atoms with Crippen molar-refractivity contribution in [2.75, 3.05) is 0 Å². The van der Waals surface area contributed by atoms with Crippen molar-refractivity contribution in [1.29, 1.82) is 0 Å². The Morgan fingerprint density at radius 2 is 1.95 bits per heavy atom. The molecule has 0 heterocycles. The van der Waals surface area contributed by atoms with E-state index in [9.17, 15) is 4.79 Å². The number of halogens is 4. The summed E-state index contributed by atoms with van der Waals surface area (Å²) in [5, 5.41) is -0.232. The van der Waals surface area contributed by atoms with E-state index >= 15 is 0 Å². The van der Waals surface area contributed by atoms with Crippen molar-refractivity contribution in [3.05, 3.63) is 61.5 Å². The van der Waals surface area contributed by atoms with Gasteiger partial charge in [-0.3, -0.25) is 4.79 Å². The molecule has 0 bridgehead atoms. The first-order valence-corrected chi connectivity index (χ1v) is 7.87. The van der Waals surface area contributed by atoms with E-state index in [1.807, 2.05) is 24.3 Å². The second-order valence-corrected chi connectivity index (χ2v) is 6.48. The largest absolute Gasteiger partial charge is 0.486 e. The Labute approximate surface area is 143 Å². The van der Waals surface area contributed by atoms with Gasteiger partial charge in [0.1, 0.15) is 6.61 Å². The van der Waals surface area contributed by atoms with Crippen LogP contribution in [0.15, 0.2) is 45.3 Å². The van der Waals surface area contributed by atoms with Crippen molar-refractivity contribution in [1.82, 2.24) is 0 Å². The minimum absolute atomic E-state index is 0.318. The van der Waals surface area contributed by atoms with E-state index in [0.29, 0.717) is 27.4 Å². The van der Waals surface area contributed by atoms with Crippen molar-refractivity contribution in [3.8, 4) is 5.75 Å². The van der Waals surface area contributed by atoms with Crippen LogP contribution in [0, 0.1) is 0 Å². The highest BCUT2D eigenvalue weighted by atomic mass is 79.9. The average Bonchev–Trinajstić information content (AvgIpc) is 2.37. The van der Waals surface area contributed by atoms with Gasteiger partial charge in [0.05, 0.1) is 9.50 Å². The molecule has 0 unspecified atom stereocenters. The second kappa shape index (κ2) is 6.94. The first kappa shape index (κ1) is 15.8. The molecular formula is C14H8Br2Cl2O2. The van der Waals surface area contributed by atoms with Crippen LogP contribution in [0.25, 0.3) is 0 Å². The predicted molar refractivity (Wildman–Crippen MR) is 87.8 cm³/mol. The zero-order chi connectivity index (χ0) is 14.7. The van der Waals surface area contributed by atoms with E-state index in [1.165, 1.54) is 6.07 Å². The molecule has 0 aliphatic heterocycles. The van der Waals surface area contributed by atoms with Gasteiger partial charge in [0.25, 0.3) is 5.24 Å². The highest BCUT2D eigenvalue weighted by molar-refractivity contribution is 9.10. The van der Waals surface area contributed by atoms with Crippen molar-refractivity contribution >= 4 is 60.3 Å². The van der Waals surface area contributed by atoms with Gasteiger partial charge in [0, 0.05) is 10.0 Å². The summed E-state index contributed by atoms with van der Waals surface area (Å²) in [4.78, 5) is 11.1. The highest BCUT2D eigenvalue weighted by Gasteiger charge is 2.12. The molecule has 2 nitrogen and oxygen atoms in total. The van der Waals surface area contributed by atoms with Crippen LogP contribution in [0.5, 0.6) is 5.75 Å². The summed E-state index contributed by atoms with van der Waals surface area (Å²) in [7, 11) is 0. The van der Waals surface area contributed by atoms with Crippen LogP contribution in [0.4, 0.5) is 0 Å². The summed E-state index contributed by atoms with van der Waals surface area (Å²) < 4.78 is 7.25. The molecule has 0 aromatic heterocycles. The molecule has 0 aliphatic rings. The number of carbonyl (C=O) groups excluding carboxylic acids is 1. The third kappa shape index (κ3) is 3.98. The smallest absolute Gasteiger partial charge is 0.252 e. The topological polar surface area (TPSA) is 26.3 Å². The first-order valence-electron chi connectivity index (χ1n) is 5.53. The van der Waals surface area contributed by atoms with Gasteiger partial charge in [-0.2, -0.15) is 0 Å². The van der Waals surface area contributed by atoms with Crippen LogP contribution in [-0.2, 0) is 6.61 Å². The lowest BCUT2D eigenvalue weighted by atomic mass is 10.2. The Morgan fingerprint density at radius 1 is 1.20 bits per heavy atom. The van der Waals surface area contributed by atoms with Crippen LogP contribution < -0.4 is 4.74 Å². The normalized spacial score (nSPS) is 10.4. The molecular weight excluding hydrogens is 431 g/mol. The maximum absolute atomic E-state index is 11.1. The number of benzene rings is 2. The summed E-state index contributed by atoms with van der Waals surface area (Å²) in [6.45, 7) is 0.367. The molecule has 20 heavy (non-hydrogen) atoms. The standard InChI is InChI=1S/C14H8Br2Cl2O2/c15-10-3-1-2-8(4-10)7-20-13-11(16)5-9(14(18)19)6-12(13)17/h1-6H,7H2. The predicted octanol–water partition coefficient (Wildman–Crippen LogP) is 5.82. The van der Waals surface area contributed by atoms with Gasteiger partial charge in [-0.15, -0.1) is 0 Å². The van der Waals surface area contributed by atoms with Gasteiger partial charge in [0.15, 0.2) is 5.75 Å². The average molecular weight is 439 g/mol. The number of ether oxygens (including phenoxy) is 1. The van der Waals surface area contributed by atoms with E-state index in [-0.39, 0.29) is 0 Å². The van der Waals surface area contributed by atoms with Crippen molar-refractivity contribution in [2.45, 2.75) is 6.61 Å². The molecule has 0 radical (unpaired) electrons. The number of hydrogen-bond donors (Lipinski definition) is 0. The third-order valence-corrected chi connectivity index (χ3v) is 4.08. The van der Waals surface area contributed by atoms with Crippen molar-refractivity contribution in [3.63, 3.8) is 0 Å². The van der Waals surface area contributed by atoms with E-state index in [2.05, 4.69) is 31.9 Å². The number of carbonyl (C=O) groups is 1. The molecule has 0 atom stereocenters. The molecule has 2 aromatic carbocycles. The molecule has 0 amide bonds. The summed E-state index contributed by atoms with van der Waals surface area (Å²) in [6.07, 6.45) is 0. The Balaban J connectivity index is 2.20. The zero-order valence-electron chi connectivity index (χ0n) is 10.00. The fraction of sp³-hybridized carbons (Fsp3) is 0.0714. The molecule has 0 aliphatic carbocycles. The molecule has 0 saturated heterocycles. The molecule has 2 aromatic rings. The van der Waals surface area contributed by atoms with Gasteiger partial charge >= 0.3 is 0 Å². The van der Waals surface area contributed by atoms with Gasteiger partial charge in [-0.25, -0.2) is 0 Å². The molecule has 104 valence electrons. The number of rotatable bonds is 4. The quantitative estimate of drug-likeness (QED) is 0.562. The lowest BCUT2D eigenvalue weighted by Gasteiger charge is -2.11. The Morgan fingerprint density at radius 3 is 2.55 bits per heavy atom. The van der Waals surface area contributed by atoms with Gasteiger partial charge < -0.3 is 4.74 Å². The van der Waals surface area contributed by atoms with E-state index < -0.39 is 5.24 Å². The van der Waals surface area contributed by atoms with Gasteiger partial charge in [0.2, 0.25) is 0 Å². The zero-order valence-corrected chi connectivity index (χ0v) is 14.7. The SMILES string of the molecule is O=C(Cl)c1cc(Cl)c(OCc2cccc(Br)c2)c(Br)c1. The Hall–Kier alpha value is -0.550. The molecule has 2 rings (SSSR count). The maximum atomic E-state index is 11.1. The summed E-state index contributed by atoms with van der Waals surface area (Å²) >= 11 is 18.3. The first-order chi connectivity index (χ1) is 9.47. The van der Waals surface area contributed by atoms with Crippen molar-refractivity contribution in [2.24, 2.45) is 0 Å². The molecule has 0 fully saturated rings. The molecule has 0 saturated carbocycles. The molecule has 0 N–H and O–H groups in total. The van der Waals surface area contributed by atoms with Gasteiger partial charge in [-0.1, -0.05) is 39.7 Å². The van der Waals surface area contributed by atoms with Crippen LogP contribution in [-0.4, -0.2) is 5.24 Å². The molecule has 6 heteroatoms. The van der Waals surface area contributed by atoms with Crippen LogP contribution in [0.2, 0.25) is 5.02 Å². The monoisotopic (exact) mass is 436 g/mol. The minimum Gasteiger partial charge on any atom is -0.486 e. The van der Waals surface area contributed by atoms with E-state index in [1.54, 1.807) is 6.07 Å². The fourth-order valence-electron chi connectivity index (χ4n) is 1.59. The summed E-state index contributed by atoms with van der Waals surface area (Å²) in [5.74, 6) is 0.480. The second-order valence-electron chi connectivity index (χ2n) is 3.96. The summed E-state index contributed by atoms with van der Waals surface area (Å²) in [6, 6.07) is 10.8. The van der Waals surface area contributed by atoms with Crippen LogP contribution >= 0.6 is 55.1 Å². The maximum Gasteiger partial charge on any atom is 0.252 e. The van der Waals surface area contributed by atoms with Crippen molar-refractivity contribution < 1.29 is 9.53 Å². The lowest BCUT2D eigenvalue weighted by Crippen LogP contribution is -1.98. The van der Waals surface area contributed by atoms with Gasteiger partial charge in [-0.05, 0) is 57.4 Å². The summed E-state index contributed by atoms with van der Waals surface area (Å²) in [5.41, 5.74) is 1.32. The Bertz CT molecular complexity index is 636. The fourth-order valence-corrected chi connectivity index (χ4v) is 3.11. The van der Waals surface area contributed by atoms with E-state index in [0.717, 1.165) is 10.0 Å².